The Bertz CT molecular complexity index is 313. The molecular formula is C11H15ClO3. The highest BCUT2D eigenvalue weighted by Gasteiger charge is 2.07. The number of rotatable bonds is 5. The fourth-order valence-electron chi connectivity index (χ4n) is 1.17. The molecule has 1 aromatic rings. The van der Waals surface area contributed by atoms with Crippen LogP contribution in [0.5, 0.6) is 5.75 Å². The SMILES string of the molecule is CC(O)CCOc1c(Cl)cccc1CO. The molecule has 0 bridgehead atoms. The summed E-state index contributed by atoms with van der Waals surface area (Å²) in [6, 6.07) is 5.22. The Morgan fingerprint density at radius 1 is 1.47 bits per heavy atom. The molecule has 1 atom stereocenters. The fourth-order valence-corrected chi connectivity index (χ4v) is 1.42. The van der Waals surface area contributed by atoms with Crippen molar-refractivity contribution in [3.63, 3.8) is 0 Å². The Balaban J connectivity index is 2.66. The maximum atomic E-state index is 9.06. The molecule has 0 aliphatic rings. The topological polar surface area (TPSA) is 49.7 Å². The molecule has 1 unspecified atom stereocenters. The minimum absolute atomic E-state index is 0.107. The summed E-state index contributed by atoms with van der Waals surface area (Å²) in [5.41, 5.74) is 0.660. The molecule has 15 heavy (non-hydrogen) atoms. The molecule has 4 heteroatoms. The minimum atomic E-state index is -0.398. The number of para-hydroxylation sites is 1. The Morgan fingerprint density at radius 3 is 2.80 bits per heavy atom. The van der Waals surface area contributed by atoms with Gasteiger partial charge in [-0.15, -0.1) is 0 Å². The third-order valence-electron chi connectivity index (χ3n) is 2.00. The van der Waals surface area contributed by atoms with Crippen molar-refractivity contribution >= 4 is 11.6 Å². The molecular weight excluding hydrogens is 216 g/mol. The van der Waals surface area contributed by atoms with Gasteiger partial charge in [-0.25, -0.2) is 0 Å². The highest BCUT2D eigenvalue weighted by molar-refractivity contribution is 6.32. The summed E-state index contributed by atoms with van der Waals surface area (Å²) in [6.45, 7) is 1.97. The maximum absolute atomic E-state index is 9.06. The molecule has 0 spiro atoms. The predicted octanol–water partition coefficient (Wildman–Crippen LogP) is 1.98. The zero-order valence-corrected chi connectivity index (χ0v) is 9.37. The molecule has 1 aromatic carbocycles. The third kappa shape index (κ3) is 3.70. The fraction of sp³-hybridized carbons (Fsp3) is 0.455. The lowest BCUT2D eigenvalue weighted by Crippen LogP contribution is -2.08. The second-order valence-corrected chi connectivity index (χ2v) is 3.78. The van der Waals surface area contributed by atoms with Crippen molar-refractivity contribution in [2.75, 3.05) is 6.61 Å². The zero-order chi connectivity index (χ0) is 11.3. The summed E-state index contributed by atoms with van der Waals surface area (Å²) in [7, 11) is 0. The molecule has 0 aliphatic heterocycles. The van der Waals surface area contributed by atoms with E-state index in [9.17, 15) is 0 Å². The van der Waals surface area contributed by atoms with Crippen LogP contribution in [0.1, 0.15) is 18.9 Å². The van der Waals surface area contributed by atoms with Crippen LogP contribution in [-0.2, 0) is 6.61 Å². The monoisotopic (exact) mass is 230 g/mol. The first-order valence-electron chi connectivity index (χ1n) is 4.84. The molecule has 0 heterocycles. The van der Waals surface area contributed by atoms with E-state index in [1.165, 1.54) is 0 Å². The summed E-state index contributed by atoms with van der Waals surface area (Å²) in [5.74, 6) is 0.502. The van der Waals surface area contributed by atoms with Gasteiger partial charge in [0.05, 0.1) is 24.3 Å². The van der Waals surface area contributed by atoms with Crippen LogP contribution >= 0.6 is 11.6 Å². The number of hydrogen-bond acceptors (Lipinski definition) is 3. The Labute approximate surface area is 94.3 Å². The van der Waals surface area contributed by atoms with E-state index < -0.39 is 6.10 Å². The zero-order valence-electron chi connectivity index (χ0n) is 8.61. The van der Waals surface area contributed by atoms with Crippen molar-refractivity contribution in [2.24, 2.45) is 0 Å². The van der Waals surface area contributed by atoms with Crippen LogP contribution in [0.15, 0.2) is 18.2 Å². The van der Waals surface area contributed by atoms with Gasteiger partial charge >= 0.3 is 0 Å². The van der Waals surface area contributed by atoms with Gasteiger partial charge in [-0.1, -0.05) is 23.7 Å². The number of aliphatic hydroxyl groups is 2. The predicted molar refractivity (Wildman–Crippen MR) is 59.2 cm³/mol. The van der Waals surface area contributed by atoms with E-state index in [1.54, 1.807) is 25.1 Å². The van der Waals surface area contributed by atoms with Crippen LogP contribution in [0.25, 0.3) is 0 Å². The van der Waals surface area contributed by atoms with Gasteiger partial charge in [0.2, 0.25) is 0 Å². The first kappa shape index (κ1) is 12.3. The van der Waals surface area contributed by atoms with Gasteiger partial charge in [-0.05, 0) is 13.0 Å². The summed E-state index contributed by atoms with van der Waals surface area (Å²) < 4.78 is 5.42. The van der Waals surface area contributed by atoms with Crippen LogP contribution in [-0.4, -0.2) is 22.9 Å². The van der Waals surface area contributed by atoms with Crippen LogP contribution in [0.3, 0.4) is 0 Å². The lowest BCUT2D eigenvalue weighted by atomic mass is 10.2. The van der Waals surface area contributed by atoms with E-state index in [0.29, 0.717) is 29.4 Å². The number of benzene rings is 1. The second kappa shape index (κ2) is 5.95. The lowest BCUT2D eigenvalue weighted by molar-refractivity contribution is 0.154. The van der Waals surface area contributed by atoms with E-state index in [-0.39, 0.29) is 6.61 Å². The van der Waals surface area contributed by atoms with Gasteiger partial charge in [0.1, 0.15) is 5.75 Å². The van der Waals surface area contributed by atoms with Gasteiger partial charge < -0.3 is 14.9 Å². The van der Waals surface area contributed by atoms with E-state index in [1.807, 2.05) is 0 Å². The second-order valence-electron chi connectivity index (χ2n) is 3.37. The summed E-state index contributed by atoms with van der Waals surface area (Å²) >= 11 is 5.92. The van der Waals surface area contributed by atoms with Crippen LogP contribution in [0.2, 0.25) is 5.02 Å². The normalized spacial score (nSPS) is 12.5. The van der Waals surface area contributed by atoms with E-state index >= 15 is 0 Å². The van der Waals surface area contributed by atoms with Crippen LogP contribution < -0.4 is 4.74 Å². The summed E-state index contributed by atoms with van der Waals surface area (Å²) in [6.07, 6.45) is 0.140. The number of aliphatic hydroxyl groups excluding tert-OH is 2. The van der Waals surface area contributed by atoms with Gasteiger partial charge in [0, 0.05) is 12.0 Å². The maximum Gasteiger partial charge on any atom is 0.143 e. The smallest absolute Gasteiger partial charge is 0.143 e. The van der Waals surface area contributed by atoms with Crippen molar-refractivity contribution in [1.82, 2.24) is 0 Å². The van der Waals surface area contributed by atoms with Crippen molar-refractivity contribution in [3.8, 4) is 5.75 Å². The minimum Gasteiger partial charge on any atom is -0.492 e. The van der Waals surface area contributed by atoms with Crippen LogP contribution in [0.4, 0.5) is 0 Å². The van der Waals surface area contributed by atoms with E-state index in [2.05, 4.69) is 0 Å². The Morgan fingerprint density at radius 2 is 2.20 bits per heavy atom. The Kier molecular flexibility index (Phi) is 4.88. The number of hydrogen-bond donors (Lipinski definition) is 2. The summed E-state index contributed by atoms with van der Waals surface area (Å²) in [4.78, 5) is 0. The molecule has 0 saturated heterocycles. The van der Waals surface area contributed by atoms with Crippen LogP contribution in [0, 0.1) is 0 Å². The lowest BCUT2D eigenvalue weighted by Gasteiger charge is -2.12. The van der Waals surface area contributed by atoms with Crippen molar-refractivity contribution < 1.29 is 14.9 Å². The van der Waals surface area contributed by atoms with Crippen molar-refractivity contribution in [3.05, 3.63) is 28.8 Å². The molecule has 0 aliphatic carbocycles. The first-order valence-corrected chi connectivity index (χ1v) is 5.22. The van der Waals surface area contributed by atoms with Crippen molar-refractivity contribution in [1.29, 1.82) is 0 Å². The van der Waals surface area contributed by atoms with Gasteiger partial charge in [-0.2, -0.15) is 0 Å². The largest absolute Gasteiger partial charge is 0.492 e. The van der Waals surface area contributed by atoms with Crippen molar-refractivity contribution in [2.45, 2.75) is 26.1 Å². The van der Waals surface area contributed by atoms with Gasteiger partial charge in [0.15, 0.2) is 0 Å². The average molecular weight is 231 g/mol. The number of ether oxygens (including phenoxy) is 1. The molecule has 0 aromatic heterocycles. The molecule has 2 N–H and O–H groups in total. The molecule has 0 amide bonds. The standard InChI is InChI=1S/C11H15ClO3/c1-8(14)5-6-15-11-9(7-13)3-2-4-10(11)12/h2-4,8,13-14H,5-7H2,1H3. The molecule has 0 radical (unpaired) electrons. The van der Waals surface area contributed by atoms with E-state index in [0.717, 1.165) is 0 Å². The molecule has 84 valence electrons. The first-order chi connectivity index (χ1) is 7.15. The van der Waals surface area contributed by atoms with Gasteiger partial charge in [-0.3, -0.25) is 0 Å². The molecule has 0 saturated carbocycles. The highest BCUT2D eigenvalue weighted by atomic mass is 35.5. The van der Waals surface area contributed by atoms with E-state index in [4.69, 9.17) is 26.6 Å². The van der Waals surface area contributed by atoms with Gasteiger partial charge in [0.25, 0.3) is 0 Å². The number of halogens is 1. The molecule has 1 rings (SSSR count). The molecule has 0 fully saturated rings. The average Bonchev–Trinajstić information content (AvgIpc) is 2.20. The highest BCUT2D eigenvalue weighted by Crippen LogP contribution is 2.28. The third-order valence-corrected chi connectivity index (χ3v) is 2.30. The molecule has 3 nitrogen and oxygen atoms in total. The summed E-state index contributed by atoms with van der Waals surface area (Å²) in [5, 5.41) is 18.6. The quantitative estimate of drug-likeness (QED) is 0.813. The Hall–Kier alpha value is -0.770.